The van der Waals surface area contributed by atoms with Gasteiger partial charge in [0.05, 0.1) is 6.20 Å². The van der Waals surface area contributed by atoms with Crippen molar-refractivity contribution in [1.29, 1.82) is 0 Å². The lowest BCUT2D eigenvalue weighted by Gasteiger charge is -2.29. The Hall–Kier alpha value is -3.08. The van der Waals surface area contributed by atoms with Crippen molar-refractivity contribution in [2.75, 3.05) is 31.1 Å². The molecule has 38 heavy (non-hydrogen) atoms. The van der Waals surface area contributed by atoms with Crippen LogP contribution in [0.15, 0.2) is 66.0 Å². The van der Waals surface area contributed by atoms with Crippen LogP contribution in [0.3, 0.4) is 0 Å². The van der Waals surface area contributed by atoms with Crippen LogP contribution in [0, 0.1) is 6.92 Å². The molecule has 2 aromatic heterocycles. The van der Waals surface area contributed by atoms with Gasteiger partial charge in [-0.05, 0) is 41.8 Å². The fourth-order valence-electron chi connectivity index (χ4n) is 4.15. The molecule has 1 fully saturated rings. The number of alkyl halides is 3. The molecule has 5 rings (SSSR count). The predicted molar refractivity (Wildman–Crippen MR) is 151 cm³/mol. The average molecular weight is 547 g/mol. The Bertz CT molecular complexity index is 1320. The zero-order chi connectivity index (χ0) is 27.9. The maximum absolute atomic E-state index is 13.0. The molecule has 1 saturated heterocycles. The van der Waals surface area contributed by atoms with E-state index in [0.717, 1.165) is 42.9 Å². The molecule has 10 heteroatoms. The number of halogens is 3. The average Bonchev–Trinajstić information content (AvgIpc) is 3.38. The van der Waals surface area contributed by atoms with E-state index < -0.39 is 16.7 Å². The molecule has 0 amide bonds. The molecule has 0 spiro atoms. The fourth-order valence-corrected chi connectivity index (χ4v) is 4.84. The Kier molecular flexibility index (Phi) is 10.2. The summed E-state index contributed by atoms with van der Waals surface area (Å²) in [7, 11) is 0. The van der Waals surface area contributed by atoms with Crippen molar-refractivity contribution >= 4 is 22.5 Å². The number of piperazine rings is 1. The molecule has 0 saturated carbocycles. The Morgan fingerprint density at radius 2 is 1.55 bits per heavy atom. The van der Waals surface area contributed by atoms with Gasteiger partial charge in [-0.3, -0.25) is 0 Å². The number of fused-ring (bicyclic) bond motifs is 1. The number of rotatable bonds is 4. The number of aromatic nitrogens is 3. The van der Waals surface area contributed by atoms with Crippen LogP contribution >= 0.6 is 0 Å². The summed E-state index contributed by atoms with van der Waals surface area (Å²) in [6, 6.07) is 12.5. The second-order valence-electron chi connectivity index (χ2n) is 8.16. The van der Waals surface area contributed by atoms with Crippen LogP contribution in [0.2, 0.25) is 0 Å². The first kappa shape index (κ1) is 29.5. The number of anilines is 1. The molecule has 0 radical (unpaired) electrons. The standard InChI is InChI=1S/C24H23F3N5OS.2C2H6/c1-16-2-7-20(34(33)24(25,26)27)12-21(16)22-14-30-32-15-18(13-29-23(22)32)17-3-5-19(6-4-17)31-10-8-28-9-11-31;2*1-2/h2-7,12-15,28,33H,8-11H2,1H3;2*1-2H3/q+1;;. The maximum atomic E-state index is 13.0. The minimum Gasteiger partial charge on any atom is -0.369 e. The van der Waals surface area contributed by atoms with Crippen molar-refractivity contribution in [1.82, 2.24) is 19.9 Å². The quantitative estimate of drug-likeness (QED) is 0.276. The lowest BCUT2D eigenvalue weighted by atomic mass is 10.0. The number of benzene rings is 2. The van der Waals surface area contributed by atoms with E-state index in [1.54, 1.807) is 29.9 Å². The van der Waals surface area contributed by atoms with Gasteiger partial charge in [0, 0.05) is 61.5 Å². The van der Waals surface area contributed by atoms with Gasteiger partial charge in [-0.2, -0.15) is 9.65 Å². The first-order valence-corrected chi connectivity index (χ1v) is 14.0. The topological polar surface area (TPSA) is 65.7 Å². The van der Waals surface area contributed by atoms with E-state index in [9.17, 15) is 17.7 Å². The third-order valence-electron chi connectivity index (χ3n) is 5.98. The molecule has 1 unspecified atom stereocenters. The van der Waals surface area contributed by atoms with Crippen molar-refractivity contribution in [3.63, 3.8) is 0 Å². The first-order valence-electron chi connectivity index (χ1n) is 12.8. The van der Waals surface area contributed by atoms with Gasteiger partial charge in [0.15, 0.2) is 5.65 Å². The third kappa shape index (κ3) is 6.48. The van der Waals surface area contributed by atoms with Crippen LogP contribution in [-0.2, 0) is 11.2 Å². The van der Waals surface area contributed by atoms with E-state index in [2.05, 4.69) is 44.6 Å². The lowest BCUT2D eigenvalue weighted by molar-refractivity contribution is -0.0429. The monoisotopic (exact) mass is 546 g/mol. The molecule has 1 atom stereocenters. The van der Waals surface area contributed by atoms with Crippen LogP contribution in [0.5, 0.6) is 0 Å². The summed E-state index contributed by atoms with van der Waals surface area (Å²) in [5.41, 5.74) is 0.826. The Morgan fingerprint density at radius 3 is 2.18 bits per heavy atom. The smallest absolute Gasteiger partial charge is 0.369 e. The van der Waals surface area contributed by atoms with E-state index in [-0.39, 0.29) is 4.90 Å². The Labute approximate surface area is 225 Å². The van der Waals surface area contributed by atoms with Gasteiger partial charge in [0.1, 0.15) is 0 Å². The second kappa shape index (κ2) is 13.1. The molecule has 204 valence electrons. The number of hydrogen-bond donors (Lipinski definition) is 2. The van der Waals surface area contributed by atoms with Crippen LogP contribution < -0.4 is 10.2 Å². The molecule has 2 N–H and O–H groups in total. The summed E-state index contributed by atoms with van der Waals surface area (Å²) in [6.07, 6.45) is 5.19. The van der Waals surface area contributed by atoms with Crippen molar-refractivity contribution in [3.8, 4) is 22.3 Å². The van der Waals surface area contributed by atoms with Crippen LogP contribution in [-0.4, -0.2) is 50.8 Å². The molecular formula is C28H35F3N5OS+. The summed E-state index contributed by atoms with van der Waals surface area (Å²) >= 11 is -2.85. The van der Waals surface area contributed by atoms with Crippen LogP contribution in [0.1, 0.15) is 33.3 Å². The van der Waals surface area contributed by atoms with Gasteiger partial charge >= 0.3 is 5.51 Å². The largest absolute Gasteiger partial charge is 0.613 e. The van der Waals surface area contributed by atoms with Gasteiger partial charge in [-0.1, -0.05) is 45.9 Å². The van der Waals surface area contributed by atoms with E-state index in [0.29, 0.717) is 16.8 Å². The van der Waals surface area contributed by atoms with Gasteiger partial charge < -0.3 is 10.2 Å². The minimum atomic E-state index is -4.71. The zero-order valence-electron chi connectivity index (χ0n) is 22.4. The van der Waals surface area contributed by atoms with Crippen molar-refractivity contribution in [2.24, 2.45) is 0 Å². The Balaban J connectivity index is 0.000000956. The molecule has 6 nitrogen and oxygen atoms in total. The molecule has 0 aliphatic carbocycles. The predicted octanol–water partition coefficient (Wildman–Crippen LogP) is 6.80. The summed E-state index contributed by atoms with van der Waals surface area (Å²) < 4.78 is 50.4. The summed E-state index contributed by atoms with van der Waals surface area (Å²) in [5.74, 6) is 0. The zero-order valence-corrected chi connectivity index (χ0v) is 23.2. The fraction of sp³-hybridized carbons (Fsp3) is 0.357. The minimum absolute atomic E-state index is 0.186. The number of nitrogens with one attached hydrogen (secondary N) is 1. The number of nitrogens with zero attached hydrogens (tertiary/aromatic N) is 4. The summed E-state index contributed by atoms with van der Waals surface area (Å²) in [5, 5.41) is 7.74. The molecular weight excluding hydrogens is 511 g/mol. The van der Waals surface area contributed by atoms with Crippen molar-refractivity contribution in [3.05, 3.63) is 66.6 Å². The second-order valence-corrected chi connectivity index (χ2v) is 9.66. The summed E-state index contributed by atoms with van der Waals surface area (Å²) in [6.45, 7) is 13.7. The lowest BCUT2D eigenvalue weighted by Crippen LogP contribution is -2.43. The van der Waals surface area contributed by atoms with Crippen molar-refractivity contribution < 1.29 is 17.7 Å². The molecule has 4 aromatic rings. The van der Waals surface area contributed by atoms with Gasteiger partial charge in [-0.15, -0.1) is 13.2 Å². The van der Waals surface area contributed by atoms with E-state index in [4.69, 9.17) is 0 Å². The summed E-state index contributed by atoms with van der Waals surface area (Å²) in [4.78, 5) is 6.72. The van der Waals surface area contributed by atoms with E-state index >= 15 is 0 Å². The normalized spacial score (nSPS) is 14.3. The molecule has 1 aliphatic rings. The Morgan fingerprint density at radius 1 is 0.895 bits per heavy atom. The molecule has 0 bridgehead atoms. The van der Waals surface area contributed by atoms with Crippen LogP contribution in [0.4, 0.5) is 18.9 Å². The van der Waals surface area contributed by atoms with E-state index in [1.165, 1.54) is 17.8 Å². The highest BCUT2D eigenvalue weighted by molar-refractivity contribution is 7.92. The van der Waals surface area contributed by atoms with Crippen molar-refractivity contribution in [2.45, 2.75) is 45.0 Å². The molecule has 1 aliphatic heterocycles. The highest BCUT2D eigenvalue weighted by atomic mass is 32.2. The maximum Gasteiger partial charge on any atom is 0.613 e. The highest BCUT2D eigenvalue weighted by Crippen LogP contribution is 2.35. The van der Waals surface area contributed by atoms with Crippen LogP contribution in [0.25, 0.3) is 27.9 Å². The van der Waals surface area contributed by atoms with E-state index in [1.807, 2.05) is 33.9 Å². The SMILES string of the molecule is CC.CC.Cc1ccc([S+](O)C(F)(F)F)cc1-c1cnn2cc(-c3ccc(N4CCNCC4)cc3)cnc12. The number of hydrogen-bond acceptors (Lipinski definition) is 5. The van der Waals surface area contributed by atoms with Gasteiger partial charge in [0.2, 0.25) is 4.90 Å². The van der Waals surface area contributed by atoms with Gasteiger partial charge in [0.25, 0.3) is 11.2 Å². The highest BCUT2D eigenvalue weighted by Gasteiger charge is 2.54. The van der Waals surface area contributed by atoms with Gasteiger partial charge in [-0.25, -0.2) is 9.50 Å². The molecule has 3 heterocycles. The molecule has 2 aromatic carbocycles. The third-order valence-corrected chi connectivity index (χ3v) is 7.12. The first-order chi connectivity index (χ1) is 18.3. The number of aryl methyl sites for hydroxylation is 1.